The molecule has 19 heavy (non-hydrogen) atoms. The topological polar surface area (TPSA) is 68.0 Å². The van der Waals surface area contributed by atoms with Crippen LogP contribution in [0, 0.1) is 0 Å². The number of nitrogens with two attached hydrogens (primary N) is 1. The van der Waals surface area contributed by atoms with Crippen LogP contribution in [0.3, 0.4) is 0 Å². The fourth-order valence-electron chi connectivity index (χ4n) is 1.25. The molecule has 1 atom stereocenters. The van der Waals surface area contributed by atoms with Gasteiger partial charge < -0.3 is 11.1 Å². The number of amides is 1. The van der Waals surface area contributed by atoms with Crippen molar-refractivity contribution in [3.05, 3.63) is 28.6 Å². The average molecular weight is 340 g/mol. The number of carbonyl (C=O) groups is 1. The zero-order valence-electron chi connectivity index (χ0n) is 10.2. The molecule has 2 aromatic rings. The smallest absolute Gasteiger partial charge is 0.271 e. The lowest BCUT2D eigenvalue weighted by Crippen LogP contribution is -2.37. The Bertz CT molecular complexity index is 502. The van der Waals surface area contributed by atoms with E-state index in [0.717, 1.165) is 9.88 Å². The van der Waals surface area contributed by atoms with Gasteiger partial charge in [0, 0.05) is 18.0 Å². The predicted octanol–water partition coefficient (Wildman–Crippen LogP) is 2.79. The first-order chi connectivity index (χ1) is 8.20. The molecule has 2 rings (SSSR count). The van der Waals surface area contributed by atoms with Gasteiger partial charge in [-0.15, -0.1) is 47.5 Å². The van der Waals surface area contributed by atoms with Gasteiger partial charge >= 0.3 is 0 Å². The normalized spacial score (nSPS) is 11.1. The van der Waals surface area contributed by atoms with Crippen LogP contribution in [0.4, 0.5) is 0 Å². The summed E-state index contributed by atoms with van der Waals surface area (Å²) in [5.74, 6) is -0.165. The lowest BCUT2D eigenvalue weighted by molar-refractivity contribution is 0.0937. The summed E-state index contributed by atoms with van der Waals surface area (Å²) in [6, 6.07) is 3.93. The number of hydrogen-bond donors (Lipinski definition) is 2. The van der Waals surface area contributed by atoms with Crippen molar-refractivity contribution in [1.29, 1.82) is 0 Å². The fourth-order valence-corrected chi connectivity index (χ4v) is 2.86. The second kappa shape index (κ2) is 8.50. The molecule has 0 fully saturated rings. The van der Waals surface area contributed by atoms with E-state index in [1.807, 2.05) is 24.4 Å². The van der Waals surface area contributed by atoms with Crippen molar-refractivity contribution in [3.8, 4) is 9.88 Å². The molecule has 0 aliphatic heterocycles. The number of thiazole rings is 1. The minimum Gasteiger partial charge on any atom is -0.347 e. The summed E-state index contributed by atoms with van der Waals surface area (Å²) in [4.78, 5) is 17.2. The van der Waals surface area contributed by atoms with Crippen LogP contribution < -0.4 is 11.1 Å². The van der Waals surface area contributed by atoms with Gasteiger partial charge in [-0.2, -0.15) is 0 Å². The molecule has 0 bridgehead atoms. The van der Waals surface area contributed by atoms with Crippen molar-refractivity contribution < 1.29 is 4.79 Å². The number of rotatable bonds is 4. The second-order valence-electron chi connectivity index (χ2n) is 3.63. The summed E-state index contributed by atoms with van der Waals surface area (Å²) in [6.45, 7) is 2.29. The minimum absolute atomic E-state index is 0. The number of nitrogens with one attached hydrogen (secondary N) is 1. The Morgan fingerprint density at radius 1 is 1.47 bits per heavy atom. The van der Waals surface area contributed by atoms with E-state index in [-0.39, 0.29) is 36.8 Å². The first-order valence-corrected chi connectivity index (χ1v) is 6.97. The Labute approximate surface area is 132 Å². The highest BCUT2D eigenvalue weighted by atomic mass is 35.5. The Morgan fingerprint density at radius 3 is 2.79 bits per heavy atom. The molecule has 3 N–H and O–H groups in total. The Balaban J connectivity index is 0.00000162. The maximum Gasteiger partial charge on any atom is 0.271 e. The third kappa shape index (κ3) is 4.74. The molecule has 0 radical (unpaired) electrons. The zero-order chi connectivity index (χ0) is 12.3. The monoisotopic (exact) mass is 339 g/mol. The van der Waals surface area contributed by atoms with Crippen LogP contribution >= 0.6 is 47.5 Å². The third-order valence-corrected chi connectivity index (χ3v) is 4.08. The van der Waals surface area contributed by atoms with Crippen LogP contribution in [0.15, 0.2) is 22.9 Å². The number of thiophene rings is 1. The summed E-state index contributed by atoms with van der Waals surface area (Å²) < 4.78 is 0. The largest absolute Gasteiger partial charge is 0.347 e. The van der Waals surface area contributed by atoms with Crippen molar-refractivity contribution in [1.82, 2.24) is 10.3 Å². The summed E-state index contributed by atoms with van der Waals surface area (Å²) in [7, 11) is 0. The first-order valence-electron chi connectivity index (χ1n) is 5.21. The van der Waals surface area contributed by atoms with Gasteiger partial charge in [-0.1, -0.05) is 6.07 Å². The molecule has 0 saturated carbocycles. The van der Waals surface area contributed by atoms with Gasteiger partial charge in [0.05, 0.1) is 4.88 Å². The molecule has 2 aromatic heterocycles. The van der Waals surface area contributed by atoms with Gasteiger partial charge in [0.15, 0.2) is 0 Å². The van der Waals surface area contributed by atoms with Crippen molar-refractivity contribution >= 4 is 53.4 Å². The van der Waals surface area contributed by atoms with Crippen LogP contribution in [0.2, 0.25) is 0 Å². The van der Waals surface area contributed by atoms with Crippen LogP contribution in [-0.2, 0) is 0 Å². The van der Waals surface area contributed by atoms with Gasteiger partial charge in [-0.3, -0.25) is 4.79 Å². The van der Waals surface area contributed by atoms with Crippen molar-refractivity contribution in [2.45, 2.75) is 13.0 Å². The van der Waals surface area contributed by atoms with Gasteiger partial charge in [0.1, 0.15) is 10.7 Å². The van der Waals surface area contributed by atoms with Crippen molar-refractivity contribution in [2.75, 3.05) is 6.54 Å². The van der Waals surface area contributed by atoms with Gasteiger partial charge in [-0.25, -0.2) is 4.98 Å². The van der Waals surface area contributed by atoms with Gasteiger partial charge in [0.25, 0.3) is 5.91 Å². The summed E-state index contributed by atoms with van der Waals surface area (Å²) in [6.07, 6.45) is 0. The maximum atomic E-state index is 11.8. The molecule has 0 aromatic carbocycles. The molecular weight excluding hydrogens is 325 g/mol. The Hall–Kier alpha value is -0.660. The minimum atomic E-state index is -0.165. The highest BCUT2D eigenvalue weighted by molar-refractivity contribution is 7.20. The number of carbonyl (C=O) groups excluding carboxylic acids is 1. The summed E-state index contributed by atoms with van der Waals surface area (Å²) in [5, 5.41) is 7.43. The molecule has 8 heteroatoms. The standard InChI is InChI=1S/C11H13N3OS2.2ClH/c1-7(5-12)13-10(15)8-6-17-11(14-8)9-3-2-4-16-9;;/h2-4,6-7H,5,12H2,1H3,(H,13,15);2*1H/t7-;;/m0../s1. The summed E-state index contributed by atoms with van der Waals surface area (Å²) in [5.41, 5.74) is 5.91. The van der Waals surface area contributed by atoms with Crippen LogP contribution in [-0.4, -0.2) is 23.5 Å². The fraction of sp³-hybridized carbons (Fsp3) is 0.273. The Kier molecular flexibility index (Phi) is 8.20. The lowest BCUT2D eigenvalue weighted by atomic mass is 10.3. The molecule has 0 spiro atoms. The van der Waals surface area contributed by atoms with Gasteiger partial charge in [-0.05, 0) is 18.4 Å². The molecule has 0 aliphatic carbocycles. The maximum absolute atomic E-state index is 11.8. The van der Waals surface area contributed by atoms with E-state index in [1.165, 1.54) is 11.3 Å². The third-order valence-electron chi connectivity index (χ3n) is 2.20. The van der Waals surface area contributed by atoms with E-state index in [0.29, 0.717) is 12.2 Å². The number of hydrogen-bond acceptors (Lipinski definition) is 5. The molecule has 0 saturated heterocycles. The zero-order valence-corrected chi connectivity index (χ0v) is 13.4. The van der Waals surface area contributed by atoms with E-state index in [9.17, 15) is 4.79 Å². The van der Waals surface area contributed by atoms with E-state index in [4.69, 9.17) is 5.73 Å². The van der Waals surface area contributed by atoms with E-state index in [2.05, 4.69) is 10.3 Å². The predicted molar refractivity (Wildman–Crippen MR) is 85.9 cm³/mol. The molecule has 4 nitrogen and oxygen atoms in total. The van der Waals surface area contributed by atoms with Crippen LogP contribution in [0.1, 0.15) is 17.4 Å². The second-order valence-corrected chi connectivity index (χ2v) is 5.43. The van der Waals surface area contributed by atoms with E-state index < -0.39 is 0 Å². The van der Waals surface area contributed by atoms with Crippen LogP contribution in [0.25, 0.3) is 9.88 Å². The molecule has 0 unspecified atom stereocenters. The van der Waals surface area contributed by atoms with E-state index in [1.54, 1.807) is 16.7 Å². The van der Waals surface area contributed by atoms with Crippen molar-refractivity contribution in [3.63, 3.8) is 0 Å². The number of nitrogens with zero attached hydrogens (tertiary/aromatic N) is 1. The van der Waals surface area contributed by atoms with Crippen LogP contribution in [0.5, 0.6) is 0 Å². The number of halogens is 2. The average Bonchev–Trinajstić information content (AvgIpc) is 2.98. The number of aromatic nitrogens is 1. The first kappa shape index (κ1) is 18.3. The van der Waals surface area contributed by atoms with Gasteiger partial charge in [0.2, 0.25) is 0 Å². The molecule has 1 amide bonds. The molecule has 106 valence electrons. The SMILES string of the molecule is C[C@@H](CN)NC(=O)c1csc(-c2cccs2)n1.Cl.Cl. The molecular formula is C11H15Cl2N3OS2. The lowest BCUT2D eigenvalue weighted by Gasteiger charge is -2.09. The van der Waals surface area contributed by atoms with Crippen molar-refractivity contribution in [2.24, 2.45) is 5.73 Å². The highest BCUT2D eigenvalue weighted by Gasteiger charge is 2.13. The Morgan fingerprint density at radius 2 is 2.21 bits per heavy atom. The molecule has 0 aliphatic rings. The summed E-state index contributed by atoms with van der Waals surface area (Å²) >= 11 is 3.09. The highest BCUT2D eigenvalue weighted by Crippen LogP contribution is 2.27. The molecule has 2 heterocycles. The quantitative estimate of drug-likeness (QED) is 0.899. The van der Waals surface area contributed by atoms with E-state index >= 15 is 0 Å².